The van der Waals surface area contributed by atoms with Crippen molar-refractivity contribution < 1.29 is 14.7 Å². The lowest BCUT2D eigenvalue weighted by Gasteiger charge is -2.73. The average molecular weight is 567 g/mol. The molecule has 1 saturated heterocycles. The molecule has 6 rings (SSSR count). The molecule has 1 amide bonds. The normalized spacial score (nSPS) is 49.1. The number of amides is 1. The van der Waals surface area contributed by atoms with E-state index < -0.39 is 11.4 Å². The van der Waals surface area contributed by atoms with Crippen molar-refractivity contribution in [2.45, 2.75) is 125 Å². The molecule has 5 heteroatoms. The lowest BCUT2D eigenvalue weighted by atomic mass is 9.32. The summed E-state index contributed by atoms with van der Waals surface area (Å²) in [5, 5.41) is 17.6. The minimum Gasteiger partial charge on any atom is -0.481 e. The maximum atomic E-state index is 13.3. The van der Waals surface area contributed by atoms with Crippen LogP contribution in [-0.2, 0) is 9.59 Å². The Labute approximate surface area is 249 Å². The molecule has 6 aliphatic rings. The fourth-order valence-corrected chi connectivity index (χ4v) is 13.2. The number of fused-ring (bicyclic) bond motifs is 7. The van der Waals surface area contributed by atoms with E-state index in [-0.39, 0.29) is 45.4 Å². The lowest BCUT2D eigenvalue weighted by molar-refractivity contribution is -0.240. The second kappa shape index (κ2) is 9.83. The monoisotopic (exact) mass is 566 g/mol. The van der Waals surface area contributed by atoms with E-state index in [1.807, 2.05) is 0 Å². The third kappa shape index (κ3) is 4.02. The highest BCUT2D eigenvalue weighted by molar-refractivity contribution is 5.79. The number of carboxylic acids is 1. The van der Waals surface area contributed by atoms with Gasteiger partial charge in [-0.05, 0) is 148 Å². The first-order chi connectivity index (χ1) is 19.2. The van der Waals surface area contributed by atoms with Gasteiger partial charge >= 0.3 is 5.97 Å². The number of hydrogen-bond donors (Lipinski definition) is 3. The lowest BCUT2D eigenvalue weighted by Crippen LogP contribution is -2.68. The molecule has 0 radical (unpaired) electrons. The molecule has 3 N–H and O–H groups in total. The smallest absolute Gasteiger partial charge is 0.309 e. The third-order valence-electron chi connectivity index (χ3n) is 15.6. The van der Waals surface area contributed by atoms with Crippen molar-refractivity contribution >= 4 is 11.9 Å². The Kier molecular flexibility index (Phi) is 7.12. The Bertz CT molecular complexity index is 1090. The zero-order chi connectivity index (χ0) is 29.6. The van der Waals surface area contributed by atoms with Crippen LogP contribution in [0, 0.1) is 62.6 Å². The summed E-state index contributed by atoms with van der Waals surface area (Å²) in [5.74, 6) is 2.20. The molecule has 0 bridgehead atoms. The molecule has 0 unspecified atom stereocenters. The summed E-state index contributed by atoms with van der Waals surface area (Å²) < 4.78 is 0. The molecule has 10 atom stereocenters. The Morgan fingerprint density at radius 2 is 1.51 bits per heavy atom. The zero-order valence-corrected chi connectivity index (χ0v) is 26.9. The summed E-state index contributed by atoms with van der Waals surface area (Å²) in [7, 11) is 0. The van der Waals surface area contributed by atoms with E-state index >= 15 is 0 Å². The van der Waals surface area contributed by atoms with Crippen LogP contribution in [0.25, 0.3) is 0 Å². The highest BCUT2D eigenvalue weighted by Gasteiger charge is 2.72. The van der Waals surface area contributed by atoms with Gasteiger partial charge < -0.3 is 15.7 Å². The van der Waals surface area contributed by atoms with Gasteiger partial charge in [0.15, 0.2) is 0 Å². The van der Waals surface area contributed by atoms with Crippen molar-refractivity contribution in [1.29, 1.82) is 0 Å². The molecular weight excluding hydrogens is 508 g/mol. The zero-order valence-electron chi connectivity index (χ0n) is 26.9. The standard InChI is InChI=1S/C36H58N2O3/c1-22(2)24-10-17-36(31(40)41)19-18-34(6)25(29(24)36)8-9-27-33(5)15-12-28(38-30(39)23-13-20-37-21-14-23)32(3,4)26(33)11-16-35(27,34)7/h23-29,37H,1,8-21H2,2-7H3,(H,38,39)(H,40,41)/t24-,25+,26-,27+,28-,29+,33-,34+,35+,36-/m0/s1. The minimum atomic E-state index is -0.551. The largest absolute Gasteiger partial charge is 0.481 e. The molecule has 5 nitrogen and oxygen atoms in total. The van der Waals surface area contributed by atoms with Crippen LogP contribution >= 0.6 is 0 Å². The van der Waals surface area contributed by atoms with Crippen LogP contribution in [0.4, 0.5) is 0 Å². The van der Waals surface area contributed by atoms with E-state index in [1.54, 1.807) is 0 Å². The van der Waals surface area contributed by atoms with E-state index in [4.69, 9.17) is 0 Å². The maximum Gasteiger partial charge on any atom is 0.309 e. The number of carbonyl (C=O) groups excluding carboxylic acids is 1. The Balaban J connectivity index is 1.28. The van der Waals surface area contributed by atoms with Crippen molar-refractivity contribution in [3.63, 3.8) is 0 Å². The quantitative estimate of drug-likeness (QED) is 0.314. The van der Waals surface area contributed by atoms with E-state index in [9.17, 15) is 14.7 Å². The average Bonchev–Trinajstić information content (AvgIpc) is 3.33. The third-order valence-corrected chi connectivity index (χ3v) is 15.6. The number of nitrogens with one attached hydrogen (secondary N) is 2. The predicted molar refractivity (Wildman–Crippen MR) is 164 cm³/mol. The molecule has 230 valence electrons. The second-order valence-electron chi connectivity index (χ2n) is 17.1. The van der Waals surface area contributed by atoms with Crippen LogP contribution in [0.5, 0.6) is 0 Å². The number of piperidine rings is 1. The van der Waals surface area contributed by atoms with Crippen molar-refractivity contribution in [3.05, 3.63) is 12.2 Å². The number of hydrogen-bond acceptors (Lipinski definition) is 3. The minimum absolute atomic E-state index is 0.0657. The second-order valence-corrected chi connectivity index (χ2v) is 17.1. The first kappa shape index (κ1) is 29.7. The molecule has 5 aliphatic carbocycles. The van der Waals surface area contributed by atoms with Crippen molar-refractivity contribution in [2.75, 3.05) is 13.1 Å². The molecule has 0 spiro atoms. The number of carbonyl (C=O) groups is 2. The Morgan fingerprint density at radius 3 is 2.17 bits per heavy atom. The van der Waals surface area contributed by atoms with Gasteiger partial charge in [-0.2, -0.15) is 0 Å². The number of carboxylic acid groups (broad SMARTS) is 1. The van der Waals surface area contributed by atoms with Gasteiger partial charge in [-0.1, -0.05) is 46.8 Å². The molecule has 41 heavy (non-hydrogen) atoms. The van der Waals surface area contributed by atoms with Gasteiger partial charge in [0, 0.05) is 12.0 Å². The van der Waals surface area contributed by atoms with Crippen LogP contribution < -0.4 is 10.6 Å². The molecule has 0 aromatic rings. The molecule has 1 heterocycles. The van der Waals surface area contributed by atoms with E-state index in [0.717, 1.165) is 58.0 Å². The molecule has 6 fully saturated rings. The summed E-state index contributed by atoms with van der Waals surface area (Å²) in [6.07, 6.45) is 12.7. The van der Waals surface area contributed by atoms with Crippen molar-refractivity contribution in [1.82, 2.24) is 10.6 Å². The Morgan fingerprint density at radius 1 is 0.805 bits per heavy atom. The number of rotatable bonds is 4. The summed E-state index contributed by atoms with van der Waals surface area (Å²) in [6.45, 7) is 21.2. The summed E-state index contributed by atoms with van der Waals surface area (Å²) >= 11 is 0. The first-order valence-electron chi connectivity index (χ1n) is 17.1. The topological polar surface area (TPSA) is 78.4 Å². The fraction of sp³-hybridized carbons (Fsp3) is 0.889. The van der Waals surface area contributed by atoms with E-state index in [2.05, 4.69) is 58.8 Å². The van der Waals surface area contributed by atoms with Gasteiger partial charge in [-0.25, -0.2) is 0 Å². The van der Waals surface area contributed by atoms with Gasteiger partial charge in [-0.3, -0.25) is 9.59 Å². The Hall–Kier alpha value is -1.36. The van der Waals surface area contributed by atoms with E-state index in [0.29, 0.717) is 23.7 Å². The fourth-order valence-electron chi connectivity index (χ4n) is 13.2. The SMILES string of the molecule is C=C(C)[C@@H]1CC[C@]2(C(=O)O)CC[C@]3(C)[C@H](CC[C@@H]4[C@@]5(C)CC[C@H](NC(=O)C6CCNCC6)C(C)(C)[C@@H]5CC[C@]43C)[C@@H]12. The van der Waals surface area contributed by atoms with Gasteiger partial charge in [0.05, 0.1) is 5.41 Å². The maximum absolute atomic E-state index is 13.3. The van der Waals surface area contributed by atoms with Crippen LogP contribution in [0.3, 0.4) is 0 Å². The van der Waals surface area contributed by atoms with Gasteiger partial charge in [0.25, 0.3) is 0 Å². The van der Waals surface area contributed by atoms with Crippen LogP contribution in [0.2, 0.25) is 0 Å². The van der Waals surface area contributed by atoms with Crippen LogP contribution in [0.1, 0.15) is 119 Å². The summed E-state index contributed by atoms with van der Waals surface area (Å²) in [5.41, 5.74) is 1.36. The van der Waals surface area contributed by atoms with Gasteiger partial charge in [-0.15, -0.1) is 0 Å². The van der Waals surface area contributed by atoms with E-state index in [1.165, 1.54) is 37.7 Å². The predicted octanol–water partition coefficient (Wildman–Crippen LogP) is 7.21. The number of aliphatic carboxylic acids is 1. The van der Waals surface area contributed by atoms with Crippen LogP contribution in [0.15, 0.2) is 12.2 Å². The van der Waals surface area contributed by atoms with Crippen LogP contribution in [-0.4, -0.2) is 36.1 Å². The highest BCUT2D eigenvalue weighted by Crippen LogP contribution is 2.77. The summed E-state index contributed by atoms with van der Waals surface area (Å²) in [6, 6.07) is 0.250. The molecule has 5 saturated carbocycles. The molecule has 1 aliphatic heterocycles. The van der Waals surface area contributed by atoms with Gasteiger partial charge in [0.2, 0.25) is 5.91 Å². The highest BCUT2D eigenvalue weighted by atomic mass is 16.4. The first-order valence-corrected chi connectivity index (χ1v) is 17.1. The molecule has 0 aromatic heterocycles. The number of allylic oxidation sites excluding steroid dienone is 1. The molecule has 0 aromatic carbocycles. The molecular formula is C36H58N2O3. The summed E-state index contributed by atoms with van der Waals surface area (Å²) in [4.78, 5) is 26.2. The van der Waals surface area contributed by atoms with Crippen molar-refractivity contribution in [3.8, 4) is 0 Å². The van der Waals surface area contributed by atoms with Crippen molar-refractivity contribution in [2.24, 2.45) is 62.6 Å². The van der Waals surface area contributed by atoms with Gasteiger partial charge in [0.1, 0.15) is 0 Å².